The van der Waals surface area contributed by atoms with Gasteiger partial charge in [0, 0.05) is 17.5 Å². The highest BCUT2D eigenvalue weighted by molar-refractivity contribution is 5.97. The third-order valence-electron chi connectivity index (χ3n) is 4.35. The van der Waals surface area contributed by atoms with Gasteiger partial charge in [-0.25, -0.2) is 0 Å². The minimum atomic E-state index is -0.289. The van der Waals surface area contributed by atoms with Gasteiger partial charge in [0.2, 0.25) is 0 Å². The molecule has 0 heterocycles. The van der Waals surface area contributed by atoms with E-state index in [-0.39, 0.29) is 11.3 Å². The van der Waals surface area contributed by atoms with Crippen LogP contribution in [0.5, 0.6) is 5.75 Å². The van der Waals surface area contributed by atoms with Crippen molar-refractivity contribution in [3.05, 3.63) is 29.8 Å². The van der Waals surface area contributed by atoms with E-state index < -0.39 is 0 Å². The van der Waals surface area contributed by atoms with Gasteiger partial charge in [-0.2, -0.15) is 0 Å². The Morgan fingerprint density at radius 2 is 2.00 bits per heavy atom. The molecular weight excluding hydrogens is 250 g/mol. The van der Waals surface area contributed by atoms with Crippen molar-refractivity contribution in [1.29, 1.82) is 0 Å². The van der Waals surface area contributed by atoms with Crippen molar-refractivity contribution in [2.45, 2.75) is 63.0 Å². The van der Waals surface area contributed by atoms with Gasteiger partial charge < -0.3 is 10.5 Å². The molecule has 0 radical (unpaired) electrons. The molecule has 2 saturated carbocycles. The molecule has 20 heavy (non-hydrogen) atoms. The highest BCUT2D eigenvalue weighted by atomic mass is 16.5. The largest absolute Gasteiger partial charge is 0.490 e. The zero-order chi connectivity index (χ0) is 14.0. The summed E-state index contributed by atoms with van der Waals surface area (Å²) in [6.07, 6.45) is 8.56. The monoisotopic (exact) mass is 273 g/mol. The van der Waals surface area contributed by atoms with Gasteiger partial charge in [0.25, 0.3) is 0 Å². The van der Waals surface area contributed by atoms with Crippen molar-refractivity contribution in [3.63, 3.8) is 0 Å². The minimum Gasteiger partial charge on any atom is -0.490 e. The maximum atomic E-state index is 12.4. The van der Waals surface area contributed by atoms with Crippen LogP contribution in [-0.2, 0) is 0 Å². The molecule has 3 nitrogen and oxygen atoms in total. The molecule has 0 bridgehead atoms. The first-order chi connectivity index (χ1) is 9.65. The van der Waals surface area contributed by atoms with Crippen molar-refractivity contribution in [3.8, 4) is 5.75 Å². The summed E-state index contributed by atoms with van der Waals surface area (Å²) in [5.41, 5.74) is 6.82. The predicted octanol–water partition coefficient (Wildman–Crippen LogP) is 3.46. The van der Waals surface area contributed by atoms with Crippen LogP contribution in [0.4, 0.5) is 0 Å². The van der Waals surface area contributed by atoms with Gasteiger partial charge in [-0.3, -0.25) is 4.79 Å². The van der Waals surface area contributed by atoms with Crippen LogP contribution in [0.15, 0.2) is 24.3 Å². The number of ether oxygens (including phenoxy) is 1. The fourth-order valence-electron chi connectivity index (χ4n) is 2.98. The normalized spacial score (nSPS) is 21.4. The molecule has 0 atom stereocenters. The van der Waals surface area contributed by atoms with Crippen molar-refractivity contribution < 1.29 is 9.53 Å². The summed E-state index contributed by atoms with van der Waals surface area (Å²) in [4.78, 5) is 12.4. The van der Waals surface area contributed by atoms with E-state index in [1.807, 2.05) is 24.3 Å². The topological polar surface area (TPSA) is 52.3 Å². The number of Topliss-reactive ketones (excluding diaryl/α,β-unsaturated/α-hetero) is 1. The maximum absolute atomic E-state index is 12.4. The van der Waals surface area contributed by atoms with Gasteiger partial charge in [0.1, 0.15) is 5.75 Å². The number of carbonyl (C=O) groups is 1. The number of rotatable bonds is 5. The van der Waals surface area contributed by atoms with Crippen LogP contribution < -0.4 is 10.5 Å². The van der Waals surface area contributed by atoms with Crippen molar-refractivity contribution in [1.82, 2.24) is 0 Å². The molecule has 0 aromatic heterocycles. The summed E-state index contributed by atoms with van der Waals surface area (Å²) in [6, 6.07) is 7.56. The zero-order valence-electron chi connectivity index (χ0n) is 11.9. The Morgan fingerprint density at radius 1 is 1.25 bits per heavy atom. The molecule has 3 heteroatoms. The van der Waals surface area contributed by atoms with Gasteiger partial charge in [-0.1, -0.05) is 31.4 Å². The number of hydrogen-bond donors (Lipinski definition) is 1. The smallest absolute Gasteiger partial charge is 0.164 e. The molecule has 108 valence electrons. The van der Waals surface area contributed by atoms with E-state index in [0.717, 1.165) is 49.8 Å². The molecule has 0 amide bonds. The van der Waals surface area contributed by atoms with Crippen molar-refractivity contribution >= 4 is 5.78 Å². The molecule has 0 saturated heterocycles. The quantitative estimate of drug-likeness (QED) is 0.836. The summed E-state index contributed by atoms with van der Waals surface area (Å²) in [7, 11) is 0. The fourth-order valence-corrected chi connectivity index (χ4v) is 2.98. The average molecular weight is 273 g/mol. The summed E-state index contributed by atoms with van der Waals surface area (Å²) in [6.45, 7) is 0. The summed E-state index contributed by atoms with van der Waals surface area (Å²) in [5, 5.41) is 0. The lowest BCUT2D eigenvalue weighted by Crippen LogP contribution is -2.43. The van der Waals surface area contributed by atoms with Crippen LogP contribution in [0.2, 0.25) is 0 Å². The second-order valence-corrected chi connectivity index (χ2v) is 6.37. The van der Waals surface area contributed by atoms with Gasteiger partial charge in [-0.15, -0.1) is 0 Å². The SMILES string of the molecule is NC1(CC(=O)c2cccc(OC3CC3)c2)CCCCC1. The van der Waals surface area contributed by atoms with E-state index in [0.29, 0.717) is 12.5 Å². The lowest BCUT2D eigenvalue weighted by molar-refractivity contribution is 0.0934. The average Bonchev–Trinajstić information content (AvgIpc) is 3.23. The number of nitrogens with two attached hydrogens (primary N) is 1. The number of benzene rings is 1. The molecule has 3 rings (SSSR count). The maximum Gasteiger partial charge on any atom is 0.164 e. The molecule has 0 spiro atoms. The molecule has 2 N–H and O–H groups in total. The second kappa shape index (κ2) is 5.57. The standard InChI is InChI=1S/C17H23NO2/c18-17(9-2-1-3-10-17)12-16(19)13-5-4-6-15(11-13)20-14-7-8-14/h4-6,11,14H,1-3,7-10,12,18H2. The van der Waals surface area contributed by atoms with Crippen LogP contribution in [0.3, 0.4) is 0 Å². The Labute approximate surface area is 120 Å². The third kappa shape index (κ3) is 3.40. The van der Waals surface area contributed by atoms with E-state index in [4.69, 9.17) is 10.5 Å². The van der Waals surface area contributed by atoms with Crippen LogP contribution in [0.1, 0.15) is 61.7 Å². The van der Waals surface area contributed by atoms with Gasteiger partial charge >= 0.3 is 0 Å². The Kier molecular flexibility index (Phi) is 3.79. The molecular formula is C17H23NO2. The molecule has 1 aromatic carbocycles. The van der Waals surface area contributed by atoms with E-state index in [1.165, 1.54) is 6.42 Å². The van der Waals surface area contributed by atoms with Gasteiger partial charge in [0.05, 0.1) is 6.10 Å². The number of ketones is 1. The Hall–Kier alpha value is -1.35. The Morgan fingerprint density at radius 3 is 2.70 bits per heavy atom. The van der Waals surface area contributed by atoms with Crippen LogP contribution >= 0.6 is 0 Å². The molecule has 0 unspecified atom stereocenters. The highest BCUT2D eigenvalue weighted by Gasteiger charge is 2.30. The van der Waals surface area contributed by atoms with Gasteiger partial charge in [-0.05, 0) is 37.8 Å². The van der Waals surface area contributed by atoms with E-state index in [9.17, 15) is 4.79 Å². The lowest BCUT2D eigenvalue weighted by atomic mass is 9.78. The van der Waals surface area contributed by atoms with Crippen molar-refractivity contribution in [2.24, 2.45) is 5.73 Å². The van der Waals surface area contributed by atoms with Crippen LogP contribution in [0.25, 0.3) is 0 Å². The summed E-state index contributed by atoms with van der Waals surface area (Å²) in [5.74, 6) is 0.962. The first-order valence-corrected chi connectivity index (χ1v) is 7.73. The second-order valence-electron chi connectivity index (χ2n) is 6.37. The molecule has 2 fully saturated rings. The Bertz CT molecular complexity index is 488. The van der Waals surface area contributed by atoms with Crippen LogP contribution in [-0.4, -0.2) is 17.4 Å². The van der Waals surface area contributed by atoms with Gasteiger partial charge in [0.15, 0.2) is 5.78 Å². The fraction of sp³-hybridized carbons (Fsp3) is 0.588. The highest BCUT2D eigenvalue weighted by Crippen LogP contribution is 2.31. The van der Waals surface area contributed by atoms with Crippen molar-refractivity contribution in [2.75, 3.05) is 0 Å². The first-order valence-electron chi connectivity index (χ1n) is 7.73. The minimum absolute atomic E-state index is 0.149. The summed E-state index contributed by atoms with van der Waals surface area (Å²) >= 11 is 0. The molecule has 2 aliphatic carbocycles. The Balaban J connectivity index is 1.66. The predicted molar refractivity (Wildman–Crippen MR) is 79.0 cm³/mol. The van der Waals surface area contributed by atoms with Crippen LogP contribution in [0, 0.1) is 0 Å². The lowest BCUT2D eigenvalue weighted by Gasteiger charge is -2.32. The van der Waals surface area contributed by atoms with E-state index in [2.05, 4.69) is 0 Å². The zero-order valence-corrected chi connectivity index (χ0v) is 11.9. The van der Waals surface area contributed by atoms with E-state index in [1.54, 1.807) is 0 Å². The molecule has 2 aliphatic rings. The molecule has 1 aromatic rings. The third-order valence-corrected chi connectivity index (χ3v) is 4.35. The number of hydrogen-bond acceptors (Lipinski definition) is 3. The summed E-state index contributed by atoms with van der Waals surface area (Å²) < 4.78 is 5.75. The van der Waals surface area contributed by atoms with E-state index >= 15 is 0 Å². The first kappa shape index (κ1) is 13.6. The number of carbonyl (C=O) groups excluding carboxylic acids is 1. The molecule has 0 aliphatic heterocycles.